The molecule has 0 atom stereocenters. The number of benzene rings is 2. The van der Waals surface area contributed by atoms with E-state index in [1.807, 2.05) is 12.2 Å². The molecule has 1 saturated carbocycles. The first-order valence-corrected chi connectivity index (χ1v) is 10.5. The van der Waals surface area contributed by atoms with Gasteiger partial charge in [-0.05, 0) is 66.8 Å². The zero-order chi connectivity index (χ0) is 21.1. The summed E-state index contributed by atoms with van der Waals surface area (Å²) in [6, 6.07) is 10.1. The van der Waals surface area contributed by atoms with Crippen molar-refractivity contribution in [2.75, 3.05) is 0 Å². The standard InChI is InChI=1S/C22H18Br2N2O3/c23-18-10-16(21(25)28)6-4-12(18)8-14-2-1-3-15(20(14)27)9-13-5-7-17(22(26)29)11-19(13)24/h4-11H,1-3H2,(H2,25,28)(H2,26,29). The van der Waals surface area contributed by atoms with Gasteiger partial charge in [0.1, 0.15) is 0 Å². The van der Waals surface area contributed by atoms with E-state index in [2.05, 4.69) is 31.9 Å². The Labute approximate surface area is 185 Å². The Morgan fingerprint density at radius 3 is 1.55 bits per heavy atom. The fraction of sp³-hybridized carbons (Fsp3) is 0.136. The van der Waals surface area contributed by atoms with Crippen molar-refractivity contribution in [2.45, 2.75) is 19.3 Å². The van der Waals surface area contributed by atoms with E-state index < -0.39 is 11.8 Å². The zero-order valence-electron chi connectivity index (χ0n) is 15.4. The molecule has 7 heteroatoms. The monoisotopic (exact) mass is 516 g/mol. The topological polar surface area (TPSA) is 103 Å². The number of amides is 2. The van der Waals surface area contributed by atoms with Crippen LogP contribution in [0.3, 0.4) is 0 Å². The van der Waals surface area contributed by atoms with Crippen LogP contribution >= 0.6 is 31.9 Å². The molecule has 2 aromatic rings. The van der Waals surface area contributed by atoms with Crippen LogP contribution in [0.25, 0.3) is 12.2 Å². The lowest BCUT2D eigenvalue weighted by molar-refractivity contribution is -0.112. The molecule has 0 aromatic heterocycles. The number of hydrogen-bond donors (Lipinski definition) is 2. The smallest absolute Gasteiger partial charge is 0.248 e. The Hall–Kier alpha value is -2.51. The average molecular weight is 518 g/mol. The van der Waals surface area contributed by atoms with Gasteiger partial charge in [0.15, 0.2) is 5.78 Å². The highest BCUT2D eigenvalue weighted by Crippen LogP contribution is 2.31. The first-order chi connectivity index (χ1) is 13.8. The Kier molecular flexibility index (Phi) is 6.49. The van der Waals surface area contributed by atoms with Crippen LogP contribution in [0.1, 0.15) is 51.1 Å². The predicted octanol–water partition coefficient (Wildman–Crippen LogP) is 4.63. The van der Waals surface area contributed by atoms with Gasteiger partial charge in [-0.15, -0.1) is 0 Å². The quantitative estimate of drug-likeness (QED) is 0.577. The summed E-state index contributed by atoms with van der Waals surface area (Å²) >= 11 is 6.87. The van der Waals surface area contributed by atoms with Gasteiger partial charge in [-0.3, -0.25) is 14.4 Å². The molecule has 0 radical (unpaired) electrons. The van der Waals surface area contributed by atoms with E-state index in [0.29, 0.717) is 44.1 Å². The second-order valence-electron chi connectivity index (χ2n) is 6.72. The molecule has 1 aliphatic carbocycles. The summed E-state index contributed by atoms with van der Waals surface area (Å²) in [4.78, 5) is 35.6. The van der Waals surface area contributed by atoms with Gasteiger partial charge in [0.05, 0.1) is 0 Å². The SMILES string of the molecule is NC(=O)c1ccc(C=C2CCCC(=Cc3ccc(C(N)=O)cc3Br)C2=O)c(Br)c1. The van der Waals surface area contributed by atoms with Gasteiger partial charge < -0.3 is 11.5 Å². The van der Waals surface area contributed by atoms with E-state index in [1.165, 1.54) is 0 Å². The molecule has 4 N–H and O–H groups in total. The van der Waals surface area contributed by atoms with Crippen molar-refractivity contribution in [3.8, 4) is 0 Å². The average Bonchev–Trinajstić information content (AvgIpc) is 2.67. The Bertz CT molecular complexity index is 1000. The normalized spacial score (nSPS) is 17.0. The molecule has 0 saturated heterocycles. The highest BCUT2D eigenvalue weighted by Gasteiger charge is 2.21. The van der Waals surface area contributed by atoms with Crippen molar-refractivity contribution < 1.29 is 14.4 Å². The Balaban J connectivity index is 1.91. The molecular weight excluding hydrogens is 500 g/mol. The van der Waals surface area contributed by atoms with E-state index >= 15 is 0 Å². The fourth-order valence-corrected chi connectivity index (χ4v) is 4.13. The number of ketones is 1. The molecule has 148 valence electrons. The first kappa shape index (κ1) is 21.2. The van der Waals surface area contributed by atoms with Gasteiger partial charge in [0.25, 0.3) is 0 Å². The molecule has 0 aliphatic heterocycles. The maximum atomic E-state index is 13.0. The van der Waals surface area contributed by atoms with Gasteiger partial charge in [0.2, 0.25) is 11.8 Å². The lowest BCUT2D eigenvalue weighted by atomic mass is 9.86. The molecule has 1 fully saturated rings. The maximum absolute atomic E-state index is 13.0. The predicted molar refractivity (Wildman–Crippen MR) is 120 cm³/mol. The van der Waals surface area contributed by atoms with Crippen molar-refractivity contribution >= 4 is 61.6 Å². The summed E-state index contributed by atoms with van der Waals surface area (Å²) in [6.45, 7) is 0. The molecular formula is C22H18Br2N2O3. The molecule has 0 spiro atoms. The van der Waals surface area contributed by atoms with E-state index in [-0.39, 0.29) is 5.78 Å². The molecule has 1 aliphatic rings. The number of hydrogen-bond acceptors (Lipinski definition) is 3. The third-order valence-electron chi connectivity index (χ3n) is 4.70. The number of nitrogens with two attached hydrogens (primary N) is 2. The summed E-state index contributed by atoms with van der Waals surface area (Å²) in [5, 5.41) is 0. The highest BCUT2D eigenvalue weighted by molar-refractivity contribution is 9.10. The molecule has 29 heavy (non-hydrogen) atoms. The summed E-state index contributed by atoms with van der Waals surface area (Å²) in [5.74, 6) is -1.01. The van der Waals surface area contributed by atoms with Crippen LogP contribution in [-0.4, -0.2) is 17.6 Å². The second-order valence-corrected chi connectivity index (χ2v) is 8.43. The molecule has 3 rings (SSSR count). The Morgan fingerprint density at radius 2 is 1.21 bits per heavy atom. The van der Waals surface area contributed by atoms with Crippen LogP contribution in [0.2, 0.25) is 0 Å². The van der Waals surface area contributed by atoms with Crippen LogP contribution in [0.5, 0.6) is 0 Å². The highest BCUT2D eigenvalue weighted by atomic mass is 79.9. The van der Waals surface area contributed by atoms with Gasteiger partial charge >= 0.3 is 0 Å². The Morgan fingerprint density at radius 1 is 0.793 bits per heavy atom. The van der Waals surface area contributed by atoms with Crippen LogP contribution in [0.4, 0.5) is 0 Å². The number of carbonyl (C=O) groups excluding carboxylic acids is 3. The van der Waals surface area contributed by atoms with Crippen molar-refractivity contribution in [3.63, 3.8) is 0 Å². The van der Waals surface area contributed by atoms with E-state index in [1.54, 1.807) is 36.4 Å². The minimum Gasteiger partial charge on any atom is -0.366 e. The van der Waals surface area contributed by atoms with E-state index in [0.717, 1.165) is 17.5 Å². The second kappa shape index (κ2) is 8.88. The van der Waals surface area contributed by atoms with Crippen molar-refractivity contribution in [2.24, 2.45) is 11.5 Å². The summed E-state index contributed by atoms with van der Waals surface area (Å²) < 4.78 is 1.41. The molecule has 0 unspecified atom stereocenters. The molecule has 2 amide bonds. The van der Waals surface area contributed by atoms with Crippen LogP contribution in [-0.2, 0) is 4.79 Å². The molecule has 5 nitrogen and oxygen atoms in total. The van der Waals surface area contributed by atoms with E-state index in [4.69, 9.17) is 11.5 Å². The first-order valence-electron chi connectivity index (χ1n) is 8.91. The fourth-order valence-electron chi connectivity index (χ4n) is 3.15. The minimum absolute atomic E-state index is 0.00648. The molecule has 0 heterocycles. The van der Waals surface area contributed by atoms with Gasteiger partial charge in [0, 0.05) is 31.2 Å². The van der Waals surface area contributed by atoms with Gasteiger partial charge in [-0.2, -0.15) is 0 Å². The number of carbonyl (C=O) groups is 3. The van der Waals surface area contributed by atoms with Crippen LogP contribution in [0.15, 0.2) is 56.5 Å². The van der Waals surface area contributed by atoms with E-state index in [9.17, 15) is 14.4 Å². The van der Waals surface area contributed by atoms with Crippen molar-refractivity contribution in [3.05, 3.63) is 78.7 Å². The number of halogens is 2. The summed E-state index contributed by atoms with van der Waals surface area (Å²) in [7, 11) is 0. The number of primary amides is 2. The summed E-state index contributed by atoms with van der Waals surface area (Å²) in [5.41, 5.74) is 14.4. The summed E-state index contributed by atoms with van der Waals surface area (Å²) in [6.07, 6.45) is 5.91. The lowest BCUT2D eigenvalue weighted by Gasteiger charge is -2.17. The van der Waals surface area contributed by atoms with Gasteiger partial charge in [-0.25, -0.2) is 0 Å². The van der Waals surface area contributed by atoms with Crippen molar-refractivity contribution in [1.82, 2.24) is 0 Å². The molecule has 2 aromatic carbocycles. The van der Waals surface area contributed by atoms with Gasteiger partial charge in [-0.1, -0.05) is 44.0 Å². The maximum Gasteiger partial charge on any atom is 0.248 e. The third-order valence-corrected chi connectivity index (χ3v) is 6.08. The van der Waals surface area contributed by atoms with Crippen LogP contribution < -0.4 is 11.5 Å². The van der Waals surface area contributed by atoms with Crippen molar-refractivity contribution in [1.29, 1.82) is 0 Å². The minimum atomic E-state index is -0.503. The number of rotatable bonds is 4. The molecule has 0 bridgehead atoms. The lowest BCUT2D eigenvalue weighted by Crippen LogP contribution is -2.13. The third kappa shape index (κ3) is 4.92. The largest absolute Gasteiger partial charge is 0.366 e. The number of allylic oxidation sites excluding steroid dienone is 2. The zero-order valence-corrected chi connectivity index (χ0v) is 18.5. The van der Waals surface area contributed by atoms with Crippen LogP contribution in [0, 0.1) is 0 Å². The number of Topliss-reactive ketones (excluding diaryl/α,β-unsaturated/α-hetero) is 1.